The number of hydrogen-bond donors (Lipinski definition) is 1. The molecule has 5 aromatic rings. The van der Waals surface area contributed by atoms with Crippen molar-refractivity contribution in [3.8, 4) is 0 Å². The summed E-state index contributed by atoms with van der Waals surface area (Å²) in [5, 5.41) is 8.75. The Morgan fingerprint density at radius 3 is 2.00 bits per heavy atom. The molecule has 1 aliphatic heterocycles. The van der Waals surface area contributed by atoms with Gasteiger partial charge in [-0.05, 0) is 29.5 Å². The van der Waals surface area contributed by atoms with Crippen LogP contribution in [-0.4, -0.2) is 45.6 Å². The van der Waals surface area contributed by atoms with Gasteiger partial charge in [-0.15, -0.1) is 0 Å². The van der Waals surface area contributed by atoms with E-state index in [-0.39, 0.29) is 0 Å². The number of rotatable bonds is 13. The molecule has 7 rings (SSSR count). The molecule has 3 heterocycles. The van der Waals surface area contributed by atoms with Crippen LogP contribution in [0.5, 0.6) is 0 Å². The predicted octanol–water partition coefficient (Wildman–Crippen LogP) is 7.56. The summed E-state index contributed by atoms with van der Waals surface area (Å²) in [6, 6.07) is 32.7. The molecule has 0 amide bonds. The largest absolute Gasteiger partial charge is 0.380 e. The Kier molecular flexibility index (Phi) is 9.89. The predicted molar refractivity (Wildman–Crippen MR) is 178 cm³/mol. The number of nitrogens with zero attached hydrogens (tertiary/aromatic N) is 3. The first kappa shape index (κ1) is 30.8. The highest BCUT2D eigenvalue weighted by Crippen LogP contribution is 2.39. The topological polar surface area (TPSA) is 79.1 Å². The number of fused-ring (bicyclic) bond motifs is 1. The van der Waals surface area contributed by atoms with E-state index in [0.29, 0.717) is 43.4 Å². The molecule has 46 heavy (non-hydrogen) atoms. The van der Waals surface area contributed by atoms with Crippen molar-refractivity contribution in [3.63, 3.8) is 0 Å². The summed E-state index contributed by atoms with van der Waals surface area (Å²) < 4.78 is 28.2. The van der Waals surface area contributed by atoms with Crippen molar-refractivity contribution < 1.29 is 18.9 Å². The Morgan fingerprint density at radius 1 is 0.783 bits per heavy atom. The average molecular weight is 639 g/mol. The van der Waals surface area contributed by atoms with E-state index in [9.17, 15) is 0 Å². The molecule has 0 radical (unpaired) electrons. The fourth-order valence-electron chi connectivity index (χ4n) is 6.42. The van der Waals surface area contributed by atoms with E-state index in [4.69, 9.17) is 35.5 Å². The van der Waals surface area contributed by atoms with Gasteiger partial charge in [-0.25, -0.2) is 9.50 Å². The Morgan fingerprint density at radius 2 is 1.37 bits per heavy atom. The molecule has 2 aromatic heterocycles. The second-order valence-electron chi connectivity index (χ2n) is 12.0. The van der Waals surface area contributed by atoms with Gasteiger partial charge in [0.2, 0.25) is 0 Å². The van der Waals surface area contributed by atoms with Crippen molar-refractivity contribution in [1.29, 1.82) is 0 Å². The monoisotopic (exact) mass is 638 g/mol. The van der Waals surface area contributed by atoms with Crippen LogP contribution >= 0.6 is 11.6 Å². The van der Waals surface area contributed by atoms with Crippen molar-refractivity contribution in [2.45, 2.75) is 76.0 Å². The van der Waals surface area contributed by atoms with Gasteiger partial charge in [0.25, 0.3) is 0 Å². The Balaban J connectivity index is 1.20. The van der Waals surface area contributed by atoms with E-state index < -0.39 is 24.4 Å². The lowest BCUT2D eigenvalue weighted by molar-refractivity contribution is -0.0899. The van der Waals surface area contributed by atoms with Gasteiger partial charge in [0.05, 0.1) is 38.3 Å². The minimum absolute atomic E-state index is 0.321. The SMILES string of the molecule is Clc1cc(NC2CCCC2)c2cnc([C@@H]3O[C@H](COCc4ccccc4)[C@@H](OCc4ccccc4)[C@H]3OCc3ccccc3)n2n1. The normalized spacial score (nSPS) is 21.7. The zero-order chi connectivity index (χ0) is 31.1. The molecular weight excluding hydrogens is 600 g/mol. The first-order valence-electron chi connectivity index (χ1n) is 16.1. The Hall–Kier alpha value is -3.79. The molecule has 4 atom stereocenters. The van der Waals surface area contributed by atoms with Crippen LogP contribution in [0.1, 0.15) is 54.3 Å². The molecule has 9 heteroatoms. The molecule has 0 unspecified atom stereocenters. The molecule has 1 saturated carbocycles. The summed E-state index contributed by atoms with van der Waals surface area (Å²) >= 11 is 6.61. The maximum Gasteiger partial charge on any atom is 0.162 e. The van der Waals surface area contributed by atoms with E-state index in [2.05, 4.69) is 46.8 Å². The summed E-state index contributed by atoms with van der Waals surface area (Å²) in [6.45, 7) is 1.58. The molecule has 238 valence electrons. The van der Waals surface area contributed by atoms with Gasteiger partial charge < -0.3 is 24.3 Å². The molecule has 1 saturated heterocycles. The lowest BCUT2D eigenvalue weighted by Crippen LogP contribution is -2.38. The molecule has 2 fully saturated rings. The third-order valence-electron chi connectivity index (χ3n) is 8.74. The fourth-order valence-corrected chi connectivity index (χ4v) is 6.60. The van der Waals surface area contributed by atoms with Gasteiger partial charge in [-0.2, -0.15) is 5.10 Å². The first-order chi connectivity index (χ1) is 22.7. The summed E-state index contributed by atoms with van der Waals surface area (Å²) in [5.41, 5.74) is 4.99. The van der Waals surface area contributed by atoms with Crippen LogP contribution in [0, 0.1) is 0 Å². The van der Waals surface area contributed by atoms with E-state index in [0.717, 1.165) is 40.7 Å². The molecule has 0 spiro atoms. The fraction of sp³-hybridized carbons (Fsp3) is 0.351. The van der Waals surface area contributed by atoms with Gasteiger partial charge >= 0.3 is 0 Å². The number of hydrogen-bond acceptors (Lipinski definition) is 7. The minimum atomic E-state index is -0.581. The summed E-state index contributed by atoms with van der Waals surface area (Å²) in [5.74, 6) is 0.615. The molecule has 1 aliphatic carbocycles. The van der Waals surface area contributed by atoms with Crippen LogP contribution in [0.25, 0.3) is 5.52 Å². The lowest BCUT2D eigenvalue weighted by Gasteiger charge is -2.25. The second-order valence-corrected chi connectivity index (χ2v) is 12.4. The van der Waals surface area contributed by atoms with E-state index in [1.807, 2.05) is 66.9 Å². The van der Waals surface area contributed by atoms with Gasteiger partial charge in [-0.3, -0.25) is 0 Å². The van der Waals surface area contributed by atoms with Crippen molar-refractivity contribution >= 4 is 22.8 Å². The molecule has 2 aliphatic rings. The number of halogens is 1. The highest BCUT2D eigenvalue weighted by atomic mass is 35.5. The number of nitrogens with one attached hydrogen (secondary N) is 1. The summed E-state index contributed by atoms with van der Waals surface area (Å²) in [4.78, 5) is 4.87. The zero-order valence-electron chi connectivity index (χ0n) is 25.7. The van der Waals surface area contributed by atoms with Crippen LogP contribution < -0.4 is 5.32 Å². The molecule has 3 aromatic carbocycles. The zero-order valence-corrected chi connectivity index (χ0v) is 26.5. The highest BCUT2D eigenvalue weighted by Gasteiger charge is 2.49. The van der Waals surface area contributed by atoms with Gasteiger partial charge in [0, 0.05) is 12.1 Å². The van der Waals surface area contributed by atoms with Crippen molar-refractivity contribution in [3.05, 3.63) is 131 Å². The van der Waals surface area contributed by atoms with Gasteiger partial charge in [-0.1, -0.05) is 115 Å². The number of anilines is 1. The Bertz CT molecular complexity index is 1680. The second kappa shape index (κ2) is 14.8. The summed E-state index contributed by atoms with van der Waals surface area (Å²) in [6.07, 6.45) is 4.64. The highest BCUT2D eigenvalue weighted by molar-refractivity contribution is 6.29. The van der Waals surface area contributed by atoms with E-state index in [1.165, 1.54) is 12.8 Å². The van der Waals surface area contributed by atoms with E-state index >= 15 is 0 Å². The quantitative estimate of drug-likeness (QED) is 0.143. The van der Waals surface area contributed by atoms with Crippen LogP contribution in [0.2, 0.25) is 5.15 Å². The number of benzene rings is 3. The van der Waals surface area contributed by atoms with Gasteiger partial charge in [0.15, 0.2) is 11.0 Å². The molecule has 1 N–H and O–H groups in total. The van der Waals surface area contributed by atoms with Crippen LogP contribution in [0.3, 0.4) is 0 Å². The third-order valence-corrected chi connectivity index (χ3v) is 8.93. The number of aromatic nitrogens is 3. The molecule has 8 nitrogen and oxygen atoms in total. The minimum Gasteiger partial charge on any atom is -0.380 e. The molecule has 0 bridgehead atoms. The lowest BCUT2D eigenvalue weighted by atomic mass is 10.1. The smallest absolute Gasteiger partial charge is 0.162 e. The number of ether oxygens (including phenoxy) is 4. The van der Waals surface area contributed by atoms with Crippen LogP contribution in [0.4, 0.5) is 5.69 Å². The number of imidazole rings is 1. The summed E-state index contributed by atoms with van der Waals surface area (Å²) in [7, 11) is 0. The Labute approximate surface area is 274 Å². The maximum absolute atomic E-state index is 6.81. The van der Waals surface area contributed by atoms with Crippen molar-refractivity contribution in [2.75, 3.05) is 11.9 Å². The van der Waals surface area contributed by atoms with Gasteiger partial charge in [0.1, 0.15) is 29.9 Å². The van der Waals surface area contributed by atoms with Crippen LogP contribution in [0.15, 0.2) is 103 Å². The van der Waals surface area contributed by atoms with E-state index in [1.54, 1.807) is 4.52 Å². The maximum atomic E-state index is 6.81. The standard InChI is InChI=1S/C37H39ClN4O4/c38-33-20-30(40-29-18-10-11-19-29)31-21-39-37(42(31)41-33)36-35(45-24-28-16-8-3-9-17-28)34(44-23-27-14-6-2-7-15-27)32(46-36)25-43-22-26-12-4-1-5-13-26/h1-9,12-17,20-21,29,32,34-36,40H,10-11,18-19,22-25H2/t32-,34-,35-,36-/m1/s1. The average Bonchev–Trinajstić information content (AvgIpc) is 3.84. The molecular formula is C37H39ClN4O4. The first-order valence-corrected chi connectivity index (χ1v) is 16.5. The third kappa shape index (κ3) is 7.27. The van der Waals surface area contributed by atoms with Crippen molar-refractivity contribution in [2.24, 2.45) is 0 Å². The van der Waals surface area contributed by atoms with Crippen molar-refractivity contribution in [1.82, 2.24) is 14.6 Å². The van der Waals surface area contributed by atoms with Crippen LogP contribution in [-0.2, 0) is 38.8 Å².